The standard InChI is InChI=1S/C16H18Br2N2O/c1-11(2)7-19-8-12-3-4-13(17)6-16(12)21-15-5-14(18)9-20-10-15/h3-6,9-11,19H,7-8H2,1-2H3. The number of benzene rings is 1. The highest BCUT2D eigenvalue weighted by Gasteiger charge is 2.07. The average molecular weight is 414 g/mol. The van der Waals surface area contributed by atoms with Gasteiger partial charge in [-0.2, -0.15) is 0 Å². The number of nitrogens with zero attached hydrogens (tertiary/aromatic N) is 1. The monoisotopic (exact) mass is 412 g/mol. The molecule has 0 atom stereocenters. The first-order valence-electron chi connectivity index (χ1n) is 6.82. The summed E-state index contributed by atoms with van der Waals surface area (Å²) in [6, 6.07) is 7.98. The lowest BCUT2D eigenvalue weighted by Crippen LogP contribution is -2.19. The van der Waals surface area contributed by atoms with E-state index >= 15 is 0 Å². The van der Waals surface area contributed by atoms with E-state index in [-0.39, 0.29) is 0 Å². The van der Waals surface area contributed by atoms with Crippen LogP contribution in [-0.2, 0) is 6.54 Å². The van der Waals surface area contributed by atoms with E-state index in [1.807, 2.05) is 18.2 Å². The van der Waals surface area contributed by atoms with E-state index in [4.69, 9.17) is 4.74 Å². The summed E-state index contributed by atoms with van der Waals surface area (Å²) in [6.07, 6.45) is 3.44. The average Bonchev–Trinajstić information content (AvgIpc) is 2.41. The minimum Gasteiger partial charge on any atom is -0.455 e. The molecule has 0 aliphatic carbocycles. The Balaban J connectivity index is 2.15. The molecule has 0 amide bonds. The van der Waals surface area contributed by atoms with Gasteiger partial charge in [0.1, 0.15) is 11.5 Å². The summed E-state index contributed by atoms with van der Waals surface area (Å²) >= 11 is 6.89. The van der Waals surface area contributed by atoms with Crippen LogP contribution in [0.15, 0.2) is 45.6 Å². The van der Waals surface area contributed by atoms with Crippen LogP contribution < -0.4 is 10.1 Å². The zero-order chi connectivity index (χ0) is 15.2. The van der Waals surface area contributed by atoms with Gasteiger partial charge in [-0.3, -0.25) is 4.98 Å². The molecule has 1 N–H and O–H groups in total. The predicted octanol–water partition coefficient (Wildman–Crippen LogP) is 5.14. The van der Waals surface area contributed by atoms with Crippen LogP contribution in [0.5, 0.6) is 11.5 Å². The van der Waals surface area contributed by atoms with Gasteiger partial charge in [0, 0.05) is 27.3 Å². The fourth-order valence-electron chi connectivity index (χ4n) is 1.84. The first-order chi connectivity index (χ1) is 10.0. The molecule has 112 valence electrons. The molecule has 0 bridgehead atoms. The Morgan fingerprint density at radius 1 is 1.14 bits per heavy atom. The zero-order valence-electron chi connectivity index (χ0n) is 12.1. The Morgan fingerprint density at radius 2 is 1.95 bits per heavy atom. The quantitative estimate of drug-likeness (QED) is 0.711. The summed E-state index contributed by atoms with van der Waals surface area (Å²) in [4.78, 5) is 4.12. The molecule has 0 saturated heterocycles. The Hall–Kier alpha value is -0.910. The highest BCUT2D eigenvalue weighted by molar-refractivity contribution is 9.10. The second-order valence-electron chi connectivity index (χ2n) is 5.22. The number of hydrogen-bond acceptors (Lipinski definition) is 3. The van der Waals surface area contributed by atoms with Crippen LogP contribution in [0.4, 0.5) is 0 Å². The number of ether oxygens (including phenoxy) is 1. The van der Waals surface area contributed by atoms with Crippen LogP contribution in [0.1, 0.15) is 19.4 Å². The molecule has 0 radical (unpaired) electrons. The molecule has 0 spiro atoms. The van der Waals surface area contributed by atoms with Crippen molar-refractivity contribution in [3.05, 3.63) is 51.2 Å². The molecule has 1 aromatic carbocycles. The number of pyridine rings is 1. The van der Waals surface area contributed by atoms with Gasteiger partial charge in [0.05, 0.1) is 6.20 Å². The lowest BCUT2D eigenvalue weighted by atomic mass is 10.2. The highest BCUT2D eigenvalue weighted by Crippen LogP contribution is 2.29. The number of halogens is 2. The second-order valence-corrected chi connectivity index (χ2v) is 7.05. The third kappa shape index (κ3) is 5.41. The van der Waals surface area contributed by atoms with Gasteiger partial charge in [-0.05, 0) is 46.6 Å². The van der Waals surface area contributed by atoms with Crippen molar-refractivity contribution in [2.24, 2.45) is 5.92 Å². The molecule has 3 nitrogen and oxygen atoms in total. The van der Waals surface area contributed by atoms with Crippen molar-refractivity contribution in [3.63, 3.8) is 0 Å². The fraction of sp³-hybridized carbons (Fsp3) is 0.312. The molecule has 0 fully saturated rings. The molecule has 21 heavy (non-hydrogen) atoms. The molecule has 2 aromatic rings. The zero-order valence-corrected chi connectivity index (χ0v) is 15.2. The first-order valence-corrected chi connectivity index (χ1v) is 8.40. The maximum atomic E-state index is 5.97. The van der Waals surface area contributed by atoms with Gasteiger partial charge in [0.25, 0.3) is 0 Å². The van der Waals surface area contributed by atoms with Crippen LogP contribution >= 0.6 is 31.9 Å². The first kappa shape index (κ1) is 16.5. The summed E-state index contributed by atoms with van der Waals surface area (Å²) in [5.74, 6) is 2.17. The van der Waals surface area contributed by atoms with E-state index in [2.05, 4.69) is 62.1 Å². The molecule has 0 unspecified atom stereocenters. The lowest BCUT2D eigenvalue weighted by molar-refractivity contribution is 0.466. The van der Waals surface area contributed by atoms with E-state index in [0.29, 0.717) is 11.7 Å². The van der Waals surface area contributed by atoms with Crippen molar-refractivity contribution < 1.29 is 4.74 Å². The van der Waals surface area contributed by atoms with E-state index in [0.717, 1.165) is 33.3 Å². The van der Waals surface area contributed by atoms with Crippen LogP contribution in [0.2, 0.25) is 0 Å². The van der Waals surface area contributed by atoms with Crippen molar-refractivity contribution in [2.45, 2.75) is 20.4 Å². The largest absolute Gasteiger partial charge is 0.455 e. The molecular formula is C16H18Br2N2O. The van der Waals surface area contributed by atoms with Gasteiger partial charge in [-0.15, -0.1) is 0 Å². The predicted molar refractivity (Wildman–Crippen MR) is 92.7 cm³/mol. The minimum atomic E-state index is 0.624. The lowest BCUT2D eigenvalue weighted by Gasteiger charge is -2.13. The Labute approximate surface area is 142 Å². The van der Waals surface area contributed by atoms with Gasteiger partial charge in [0.2, 0.25) is 0 Å². The number of rotatable bonds is 6. The minimum absolute atomic E-state index is 0.624. The molecule has 1 heterocycles. The molecule has 2 rings (SSSR count). The van der Waals surface area contributed by atoms with Crippen LogP contribution in [0.25, 0.3) is 0 Å². The van der Waals surface area contributed by atoms with E-state index in [1.54, 1.807) is 12.4 Å². The van der Waals surface area contributed by atoms with Crippen molar-refractivity contribution in [1.82, 2.24) is 10.3 Å². The summed E-state index contributed by atoms with van der Waals surface area (Å²) in [7, 11) is 0. The van der Waals surface area contributed by atoms with E-state index < -0.39 is 0 Å². The Kier molecular flexibility index (Phi) is 6.21. The van der Waals surface area contributed by atoms with E-state index in [1.165, 1.54) is 0 Å². The van der Waals surface area contributed by atoms with Crippen LogP contribution in [-0.4, -0.2) is 11.5 Å². The van der Waals surface area contributed by atoms with Crippen LogP contribution in [0, 0.1) is 5.92 Å². The van der Waals surface area contributed by atoms with Crippen molar-refractivity contribution in [3.8, 4) is 11.5 Å². The topological polar surface area (TPSA) is 34.1 Å². The highest BCUT2D eigenvalue weighted by atomic mass is 79.9. The van der Waals surface area contributed by atoms with Crippen LogP contribution in [0.3, 0.4) is 0 Å². The Morgan fingerprint density at radius 3 is 2.67 bits per heavy atom. The maximum absolute atomic E-state index is 5.97. The van der Waals surface area contributed by atoms with Gasteiger partial charge < -0.3 is 10.1 Å². The van der Waals surface area contributed by atoms with Gasteiger partial charge in [-0.1, -0.05) is 35.8 Å². The third-order valence-corrected chi connectivity index (χ3v) is 3.73. The second kappa shape index (κ2) is 7.92. The molecule has 1 aromatic heterocycles. The van der Waals surface area contributed by atoms with Crippen molar-refractivity contribution in [1.29, 1.82) is 0 Å². The molecule has 5 heteroatoms. The SMILES string of the molecule is CC(C)CNCc1ccc(Br)cc1Oc1cncc(Br)c1. The molecule has 0 aliphatic rings. The van der Waals surface area contributed by atoms with Crippen molar-refractivity contribution >= 4 is 31.9 Å². The summed E-state index contributed by atoms with van der Waals surface area (Å²) in [5, 5.41) is 3.44. The molecule has 0 aliphatic heterocycles. The van der Waals surface area contributed by atoms with Crippen molar-refractivity contribution in [2.75, 3.05) is 6.54 Å². The van der Waals surface area contributed by atoms with E-state index in [9.17, 15) is 0 Å². The molecule has 0 saturated carbocycles. The number of hydrogen-bond donors (Lipinski definition) is 1. The third-order valence-electron chi connectivity index (χ3n) is 2.80. The summed E-state index contributed by atoms with van der Waals surface area (Å²) < 4.78 is 7.86. The Bertz CT molecular complexity index is 603. The molecular weight excluding hydrogens is 396 g/mol. The normalized spacial score (nSPS) is 10.9. The van der Waals surface area contributed by atoms with Gasteiger partial charge in [0.15, 0.2) is 0 Å². The summed E-state index contributed by atoms with van der Waals surface area (Å²) in [6.45, 7) is 6.15. The number of nitrogens with one attached hydrogen (secondary N) is 1. The van der Waals surface area contributed by atoms with Gasteiger partial charge in [-0.25, -0.2) is 0 Å². The smallest absolute Gasteiger partial charge is 0.146 e. The maximum Gasteiger partial charge on any atom is 0.146 e. The van der Waals surface area contributed by atoms with Gasteiger partial charge >= 0.3 is 0 Å². The number of aromatic nitrogens is 1. The summed E-state index contributed by atoms with van der Waals surface area (Å²) in [5.41, 5.74) is 1.12. The fourth-order valence-corrected chi connectivity index (χ4v) is 2.52.